The molecule has 0 N–H and O–H groups in total. The number of benzene rings is 1. The quantitative estimate of drug-likeness (QED) is 0.762. The van der Waals surface area contributed by atoms with Gasteiger partial charge in [0, 0.05) is 12.3 Å². The number of nitrogens with zero attached hydrogens (tertiary/aromatic N) is 1. The van der Waals surface area contributed by atoms with Gasteiger partial charge in [-0.2, -0.15) is 11.8 Å². The second-order valence-corrected chi connectivity index (χ2v) is 4.65. The van der Waals surface area contributed by atoms with Gasteiger partial charge in [-0.25, -0.2) is 0 Å². The first-order valence-corrected chi connectivity index (χ1v) is 6.61. The molecular formula is C12H13NO3S. The predicted octanol–water partition coefficient (Wildman–Crippen LogP) is 1.59. The number of hydrogen-bond acceptors (Lipinski definition) is 4. The zero-order valence-electron chi connectivity index (χ0n) is 9.73. The largest absolute Gasteiger partial charge is 0.497 e. The fourth-order valence-corrected chi connectivity index (χ4v) is 2.18. The smallest absolute Gasteiger partial charge is 0.299 e. The molecule has 1 aromatic rings. The van der Waals surface area contributed by atoms with Crippen molar-refractivity contribution in [2.24, 2.45) is 0 Å². The highest BCUT2D eigenvalue weighted by Crippen LogP contribution is 2.31. The second-order valence-electron chi connectivity index (χ2n) is 3.66. The minimum Gasteiger partial charge on any atom is -0.497 e. The van der Waals surface area contributed by atoms with E-state index < -0.39 is 11.7 Å². The van der Waals surface area contributed by atoms with E-state index in [4.69, 9.17) is 4.74 Å². The van der Waals surface area contributed by atoms with Crippen molar-refractivity contribution in [1.29, 1.82) is 0 Å². The van der Waals surface area contributed by atoms with E-state index in [0.29, 0.717) is 23.5 Å². The summed E-state index contributed by atoms with van der Waals surface area (Å²) in [7, 11) is 1.54. The average molecular weight is 251 g/mol. The number of carbonyl (C=O) groups is 2. The average Bonchev–Trinajstić information content (AvgIpc) is 2.60. The summed E-state index contributed by atoms with van der Waals surface area (Å²) in [6.07, 6.45) is 1.97. The molecule has 0 bridgehead atoms. The van der Waals surface area contributed by atoms with Gasteiger partial charge in [0.1, 0.15) is 5.75 Å². The number of rotatable bonds is 4. The van der Waals surface area contributed by atoms with Crippen LogP contribution in [0.3, 0.4) is 0 Å². The summed E-state index contributed by atoms with van der Waals surface area (Å²) in [6.45, 7) is 0.561. The zero-order chi connectivity index (χ0) is 12.4. The Balaban J connectivity index is 2.36. The molecule has 1 aliphatic rings. The van der Waals surface area contributed by atoms with Crippen molar-refractivity contribution in [3.8, 4) is 5.75 Å². The molecule has 0 saturated heterocycles. The molecule has 0 fully saturated rings. The maximum atomic E-state index is 11.8. The molecular weight excluding hydrogens is 238 g/mol. The van der Waals surface area contributed by atoms with Gasteiger partial charge in [0.15, 0.2) is 0 Å². The third-order valence-electron chi connectivity index (χ3n) is 2.70. The van der Waals surface area contributed by atoms with Crippen LogP contribution in [0.1, 0.15) is 10.4 Å². The van der Waals surface area contributed by atoms with Crippen LogP contribution in [0.5, 0.6) is 5.75 Å². The minimum absolute atomic E-state index is 0.440. The number of anilines is 1. The molecule has 0 aliphatic carbocycles. The maximum Gasteiger partial charge on any atom is 0.299 e. The van der Waals surface area contributed by atoms with E-state index in [2.05, 4.69) is 0 Å². The number of carbonyl (C=O) groups excluding carboxylic acids is 2. The lowest BCUT2D eigenvalue weighted by Crippen LogP contribution is -2.31. The molecule has 17 heavy (non-hydrogen) atoms. The Morgan fingerprint density at radius 1 is 1.35 bits per heavy atom. The molecule has 1 amide bonds. The number of amides is 1. The van der Waals surface area contributed by atoms with Crippen molar-refractivity contribution < 1.29 is 14.3 Å². The Morgan fingerprint density at radius 2 is 2.12 bits per heavy atom. The van der Waals surface area contributed by atoms with Gasteiger partial charge in [-0.1, -0.05) is 0 Å². The standard InChI is InChI=1S/C12H13NO3S/c1-16-8-3-4-10-9(7-8)11(14)12(15)13(10)5-6-17-2/h3-4,7H,5-6H2,1-2H3. The Labute approximate surface area is 104 Å². The summed E-state index contributed by atoms with van der Waals surface area (Å²) < 4.78 is 5.05. The molecule has 2 rings (SSSR count). The van der Waals surface area contributed by atoms with Crippen molar-refractivity contribution in [2.45, 2.75) is 0 Å². The molecule has 90 valence electrons. The summed E-state index contributed by atoms with van der Waals surface area (Å²) in [5, 5.41) is 0. The number of thioether (sulfide) groups is 1. The fraction of sp³-hybridized carbons (Fsp3) is 0.333. The second kappa shape index (κ2) is 4.79. The van der Waals surface area contributed by atoms with Crippen LogP contribution in [-0.2, 0) is 4.79 Å². The van der Waals surface area contributed by atoms with Crippen LogP contribution in [0.4, 0.5) is 5.69 Å². The number of ether oxygens (including phenoxy) is 1. The highest BCUT2D eigenvalue weighted by Gasteiger charge is 2.35. The highest BCUT2D eigenvalue weighted by atomic mass is 32.2. The third kappa shape index (κ3) is 2.02. The Bertz CT molecular complexity index is 473. The molecule has 1 aromatic carbocycles. The van der Waals surface area contributed by atoms with Gasteiger partial charge in [0.25, 0.3) is 11.7 Å². The molecule has 0 atom stereocenters. The van der Waals surface area contributed by atoms with Gasteiger partial charge in [0.05, 0.1) is 18.4 Å². The summed E-state index contributed by atoms with van der Waals surface area (Å²) in [5.41, 5.74) is 1.13. The van der Waals surface area contributed by atoms with Crippen LogP contribution in [0, 0.1) is 0 Å². The van der Waals surface area contributed by atoms with E-state index in [9.17, 15) is 9.59 Å². The Hall–Kier alpha value is -1.49. The predicted molar refractivity (Wildman–Crippen MR) is 68.1 cm³/mol. The summed E-state index contributed by atoms with van der Waals surface area (Å²) >= 11 is 1.64. The lowest BCUT2D eigenvalue weighted by atomic mass is 10.1. The molecule has 0 spiro atoms. The lowest BCUT2D eigenvalue weighted by molar-refractivity contribution is -0.114. The van der Waals surface area contributed by atoms with Crippen molar-refractivity contribution in [3.05, 3.63) is 23.8 Å². The summed E-state index contributed by atoms with van der Waals surface area (Å²) in [6, 6.07) is 5.14. The van der Waals surface area contributed by atoms with Gasteiger partial charge < -0.3 is 9.64 Å². The zero-order valence-corrected chi connectivity index (χ0v) is 10.5. The number of ketones is 1. The molecule has 1 heterocycles. The Morgan fingerprint density at radius 3 is 2.76 bits per heavy atom. The van der Waals surface area contributed by atoms with Gasteiger partial charge in [-0.05, 0) is 24.5 Å². The highest BCUT2D eigenvalue weighted by molar-refractivity contribution is 7.98. The van der Waals surface area contributed by atoms with Crippen molar-refractivity contribution in [3.63, 3.8) is 0 Å². The van der Waals surface area contributed by atoms with Crippen molar-refractivity contribution in [1.82, 2.24) is 0 Å². The first-order valence-electron chi connectivity index (χ1n) is 5.22. The molecule has 0 radical (unpaired) electrons. The van der Waals surface area contributed by atoms with E-state index in [0.717, 1.165) is 5.75 Å². The van der Waals surface area contributed by atoms with Gasteiger partial charge in [0.2, 0.25) is 0 Å². The summed E-state index contributed by atoms with van der Waals surface area (Å²) in [5.74, 6) is 0.517. The van der Waals surface area contributed by atoms with Gasteiger partial charge in [-0.15, -0.1) is 0 Å². The lowest BCUT2D eigenvalue weighted by Gasteiger charge is -2.15. The maximum absolute atomic E-state index is 11.8. The molecule has 0 saturated carbocycles. The first kappa shape index (κ1) is 12.0. The Kier molecular flexibility index (Phi) is 3.38. The number of fused-ring (bicyclic) bond motifs is 1. The normalized spacial score (nSPS) is 14.1. The van der Waals surface area contributed by atoms with E-state index in [1.54, 1.807) is 30.0 Å². The topological polar surface area (TPSA) is 46.6 Å². The molecule has 4 nitrogen and oxygen atoms in total. The van der Waals surface area contributed by atoms with Crippen LogP contribution < -0.4 is 9.64 Å². The van der Waals surface area contributed by atoms with Gasteiger partial charge in [-0.3, -0.25) is 9.59 Å². The van der Waals surface area contributed by atoms with E-state index in [1.807, 2.05) is 6.26 Å². The first-order chi connectivity index (χ1) is 8.19. The summed E-state index contributed by atoms with van der Waals surface area (Å²) in [4.78, 5) is 25.1. The van der Waals surface area contributed by atoms with Crippen LogP contribution in [0.25, 0.3) is 0 Å². The van der Waals surface area contributed by atoms with Crippen LogP contribution in [0.15, 0.2) is 18.2 Å². The van der Waals surface area contributed by atoms with Crippen molar-refractivity contribution >= 4 is 29.1 Å². The molecule has 1 aliphatic heterocycles. The molecule has 0 aromatic heterocycles. The SMILES string of the molecule is COc1ccc2c(c1)C(=O)C(=O)N2CCSC. The van der Waals surface area contributed by atoms with E-state index in [1.165, 1.54) is 12.0 Å². The molecule has 5 heteroatoms. The van der Waals surface area contributed by atoms with Crippen LogP contribution in [0.2, 0.25) is 0 Å². The van der Waals surface area contributed by atoms with Crippen molar-refractivity contribution in [2.75, 3.05) is 30.6 Å². The number of methoxy groups -OCH3 is 1. The van der Waals surface area contributed by atoms with Crippen LogP contribution in [-0.4, -0.2) is 37.4 Å². The third-order valence-corrected chi connectivity index (χ3v) is 3.29. The fourth-order valence-electron chi connectivity index (χ4n) is 1.81. The van der Waals surface area contributed by atoms with E-state index in [-0.39, 0.29) is 0 Å². The molecule has 0 unspecified atom stereocenters. The monoisotopic (exact) mass is 251 g/mol. The van der Waals surface area contributed by atoms with Crippen LogP contribution >= 0.6 is 11.8 Å². The number of Topliss-reactive ketones (excluding diaryl/α,β-unsaturated/α-hetero) is 1. The minimum atomic E-state index is -0.444. The number of hydrogen-bond donors (Lipinski definition) is 0. The van der Waals surface area contributed by atoms with Gasteiger partial charge >= 0.3 is 0 Å². The van der Waals surface area contributed by atoms with E-state index >= 15 is 0 Å².